The van der Waals surface area contributed by atoms with Crippen molar-refractivity contribution in [3.8, 4) is 0 Å². The molecule has 0 aliphatic heterocycles. The fourth-order valence-electron chi connectivity index (χ4n) is 2.43. The van der Waals surface area contributed by atoms with E-state index in [0.29, 0.717) is 5.56 Å². The molecule has 2 aromatic carbocycles. The Bertz CT molecular complexity index is 796. The van der Waals surface area contributed by atoms with Crippen molar-refractivity contribution in [1.29, 1.82) is 0 Å². The molecule has 0 aliphatic carbocycles. The topological polar surface area (TPSA) is 42.9 Å². The molecule has 0 bridgehead atoms. The Labute approximate surface area is 123 Å². The van der Waals surface area contributed by atoms with Crippen LogP contribution in [0.1, 0.15) is 34.8 Å². The second-order valence-corrected chi connectivity index (χ2v) is 5.04. The van der Waals surface area contributed by atoms with E-state index in [9.17, 15) is 4.79 Å². The van der Waals surface area contributed by atoms with Crippen LogP contribution in [0.25, 0.3) is 11.0 Å². The Morgan fingerprint density at radius 2 is 1.71 bits per heavy atom. The number of rotatable bonds is 4. The molecule has 3 rings (SSSR count). The van der Waals surface area contributed by atoms with Gasteiger partial charge in [-0.3, -0.25) is 14.8 Å². The van der Waals surface area contributed by atoms with E-state index in [0.717, 1.165) is 29.4 Å². The van der Waals surface area contributed by atoms with Gasteiger partial charge in [-0.1, -0.05) is 31.5 Å². The Balaban J connectivity index is 1.97. The summed E-state index contributed by atoms with van der Waals surface area (Å²) in [5.74, 6) is 0.0282. The second kappa shape index (κ2) is 5.83. The molecule has 0 atom stereocenters. The lowest BCUT2D eigenvalue weighted by Gasteiger charge is -2.05. The van der Waals surface area contributed by atoms with Crippen molar-refractivity contribution in [2.75, 3.05) is 0 Å². The largest absolute Gasteiger partial charge is 0.289 e. The maximum absolute atomic E-state index is 12.6. The minimum absolute atomic E-state index is 0.0282. The summed E-state index contributed by atoms with van der Waals surface area (Å²) in [6, 6.07) is 13.3. The predicted octanol–water partition coefficient (Wildman–Crippen LogP) is 3.81. The molecule has 0 spiro atoms. The van der Waals surface area contributed by atoms with Gasteiger partial charge in [-0.05, 0) is 36.2 Å². The van der Waals surface area contributed by atoms with Crippen LogP contribution < -0.4 is 0 Å². The van der Waals surface area contributed by atoms with Gasteiger partial charge in [-0.15, -0.1) is 0 Å². The van der Waals surface area contributed by atoms with Gasteiger partial charge in [0, 0.05) is 23.5 Å². The summed E-state index contributed by atoms with van der Waals surface area (Å²) < 4.78 is 0. The van der Waals surface area contributed by atoms with Crippen LogP contribution >= 0.6 is 0 Å². The third kappa shape index (κ3) is 2.82. The number of carbonyl (C=O) groups is 1. The molecule has 3 aromatic rings. The molecule has 3 heteroatoms. The molecule has 0 radical (unpaired) electrons. The summed E-state index contributed by atoms with van der Waals surface area (Å²) in [7, 11) is 0. The van der Waals surface area contributed by atoms with Crippen molar-refractivity contribution in [3.63, 3.8) is 0 Å². The van der Waals surface area contributed by atoms with Crippen LogP contribution in [0.3, 0.4) is 0 Å². The lowest BCUT2D eigenvalue weighted by atomic mass is 9.99. The smallest absolute Gasteiger partial charge is 0.193 e. The molecular formula is C18H16N2O. The fourth-order valence-corrected chi connectivity index (χ4v) is 2.43. The molecule has 0 amide bonds. The SMILES string of the molecule is CCCc1cccc(C(=O)c2ccc3nccnc3c2)c1. The maximum Gasteiger partial charge on any atom is 0.193 e. The highest BCUT2D eigenvalue weighted by molar-refractivity contribution is 6.10. The van der Waals surface area contributed by atoms with Gasteiger partial charge in [-0.25, -0.2) is 0 Å². The molecule has 1 aromatic heterocycles. The average Bonchev–Trinajstić information content (AvgIpc) is 2.54. The first-order valence-corrected chi connectivity index (χ1v) is 7.12. The number of hydrogen-bond donors (Lipinski definition) is 0. The summed E-state index contributed by atoms with van der Waals surface area (Å²) >= 11 is 0. The summed E-state index contributed by atoms with van der Waals surface area (Å²) in [4.78, 5) is 21.1. The minimum Gasteiger partial charge on any atom is -0.289 e. The summed E-state index contributed by atoms with van der Waals surface area (Å²) in [5.41, 5.74) is 4.12. The van der Waals surface area contributed by atoms with Crippen molar-refractivity contribution in [3.05, 3.63) is 71.5 Å². The van der Waals surface area contributed by atoms with E-state index in [4.69, 9.17) is 0 Å². The maximum atomic E-state index is 12.6. The second-order valence-electron chi connectivity index (χ2n) is 5.04. The first-order valence-electron chi connectivity index (χ1n) is 7.12. The molecular weight excluding hydrogens is 260 g/mol. The Morgan fingerprint density at radius 1 is 0.952 bits per heavy atom. The molecule has 3 nitrogen and oxygen atoms in total. The first-order chi connectivity index (χ1) is 10.3. The Morgan fingerprint density at radius 3 is 2.52 bits per heavy atom. The molecule has 1 heterocycles. The highest BCUT2D eigenvalue weighted by atomic mass is 16.1. The highest BCUT2D eigenvalue weighted by Crippen LogP contribution is 2.16. The van der Waals surface area contributed by atoms with Gasteiger partial charge in [0.2, 0.25) is 0 Å². The number of hydrogen-bond acceptors (Lipinski definition) is 3. The monoisotopic (exact) mass is 276 g/mol. The van der Waals surface area contributed by atoms with Gasteiger partial charge < -0.3 is 0 Å². The van der Waals surface area contributed by atoms with Crippen LogP contribution in [-0.4, -0.2) is 15.8 Å². The molecule has 0 saturated carbocycles. The number of aryl methyl sites for hydroxylation is 1. The van der Waals surface area contributed by atoms with Crippen LogP contribution in [0.5, 0.6) is 0 Å². The number of carbonyl (C=O) groups excluding carboxylic acids is 1. The molecule has 0 N–H and O–H groups in total. The Kier molecular flexibility index (Phi) is 3.73. The number of fused-ring (bicyclic) bond motifs is 1. The lowest BCUT2D eigenvalue weighted by Crippen LogP contribution is -2.02. The normalized spacial score (nSPS) is 10.7. The van der Waals surface area contributed by atoms with Gasteiger partial charge in [0.25, 0.3) is 0 Å². The predicted molar refractivity (Wildman–Crippen MR) is 83.4 cm³/mol. The van der Waals surface area contributed by atoms with Gasteiger partial charge in [0.1, 0.15) is 0 Å². The average molecular weight is 276 g/mol. The number of benzene rings is 2. The van der Waals surface area contributed by atoms with Crippen LogP contribution in [0.4, 0.5) is 0 Å². The van der Waals surface area contributed by atoms with Crippen molar-refractivity contribution >= 4 is 16.8 Å². The first kappa shape index (κ1) is 13.4. The zero-order valence-electron chi connectivity index (χ0n) is 11.9. The molecule has 0 aliphatic rings. The minimum atomic E-state index is 0.0282. The zero-order valence-corrected chi connectivity index (χ0v) is 11.9. The van der Waals surface area contributed by atoms with Gasteiger partial charge in [0.05, 0.1) is 11.0 Å². The third-order valence-electron chi connectivity index (χ3n) is 3.46. The molecule has 104 valence electrons. The van der Waals surface area contributed by atoms with E-state index in [2.05, 4.69) is 23.0 Å². The zero-order chi connectivity index (χ0) is 14.7. The van der Waals surface area contributed by atoms with Gasteiger partial charge in [0.15, 0.2) is 5.78 Å². The van der Waals surface area contributed by atoms with E-state index in [1.165, 1.54) is 5.56 Å². The molecule has 0 saturated heterocycles. The highest BCUT2D eigenvalue weighted by Gasteiger charge is 2.10. The van der Waals surface area contributed by atoms with Crippen molar-refractivity contribution in [1.82, 2.24) is 9.97 Å². The Hall–Kier alpha value is -2.55. The standard InChI is InChI=1S/C18H16N2O/c1-2-4-13-5-3-6-14(11-13)18(21)15-7-8-16-17(12-15)20-10-9-19-16/h3,5-12H,2,4H2,1H3. The summed E-state index contributed by atoms with van der Waals surface area (Å²) in [6.45, 7) is 2.14. The summed E-state index contributed by atoms with van der Waals surface area (Å²) in [6.07, 6.45) is 5.35. The van der Waals surface area contributed by atoms with Gasteiger partial charge >= 0.3 is 0 Å². The van der Waals surface area contributed by atoms with Crippen LogP contribution in [0.15, 0.2) is 54.9 Å². The fraction of sp³-hybridized carbons (Fsp3) is 0.167. The van der Waals surface area contributed by atoms with Crippen LogP contribution in [-0.2, 0) is 6.42 Å². The van der Waals surface area contributed by atoms with Crippen molar-refractivity contribution in [2.24, 2.45) is 0 Å². The van der Waals surface area contributed by atoms with E-state index in [1.807, 2.05) is 30.3 Å². The lowest BCUT2D eigenvalue weighted by molar-refractivity contribution is 0.103. The van der Waals surface area contributed by atoms with Crippen molar-refractivity contribution in [2.45, 2.75) is 19.8 Å². The number of aromatic nitrogens is 2. The van der Waals surface area contributed by atoms with E-state index < -0.39 is 0 Å². The quantitative estimate of drug-likeness (QED) is 0.680. The van der Waals surface area contributed by atoms with Crippen LogP contribution in [0.2, 0.25) is 0 Å². The molecule has 21 heavy (non-hydrogen) atoms. The molecule has 0 fully saturated rings. The van der Waals surface area contributed by atoms with Crippen LogP contribution in [0, 0.1) is 0 Å². The molecule has 0 unspecified atom stereocenters. The van der Waals surface area contributed by atoms with Gasteiger partial charge in [-0.2, -0.15) is 0 Å². The summed E-state index contributed by atoms with van der Waals surface area (Å²) in [5, 5.41) is 0. The van der Waals surface area contributed by atoms with Crippen molar-refractivity contribution < 1.29 is 4.79 Å². The number of ketones is 1. The van der Waals surface area contributed by atoms with E-state index in [-0.39, 0.29) is 5.78 Å². The third-order valence-corrected chi connectivity index (χ3v) is 3.46. The van der Waals surface area contributed by atoms with E-state index in [1.54, 1.807) is 18.5 Å². The van der Waals surface area contributed by atoms with E-state index >= 15 is 0 Å². The number of nitrogens with zero attached hydrogens (tertiary/aromatic N) is 2.